The van der Waals surface area contributed by atoms with Gasteiger partial charge in [-0.2, -0.15) is 0 Å². The molecule has 2 nitrogen and oxygen atoms in total. The van der Waals surface area contributed by atoms with Gasteiger partial charge in [0.1, 0.15) is 0 Å². The van der Waals surface area contributed by atoms with Gasteiger partial charge >= 0.3 is 0 Å². The van der Waals surface area contributed by atoms with Crippen LogP contribution in [0.5, 0.6) is 0 Å². The van der Waals surface area contributed by atoms with Gasteiger partial charge in [-0.05, 0) is 10.8 Å². The van der Waals surface area contributed by atoms with E-state index in [9.17, 15) is 0 Å². The predicted molar refractivity (Wildman–Crippen MR) is 69.6 cm³/mol. The lowest BCUT2D eigenvalue weighted by atomic mass is 9.69. The van der Waals surface area contributed by atoms with E-state index in [1.165, 1.54) is 26.2 Å². The molecule has 0 radical (unpaired) electrons. The minimum absolute atomic E-state index is 0.386. The second-order valence-corrected chi connectivity index (χ2v) is 7.69. The van der Waals surface area contributed by atoms with E-state index in [0.29, 0.717) is 10.8 Å². The lowest BCUT2D eigenvalue weighted by Gasteiger charge is -2.61. The van der Waals surface area contributed by atoms with E-state index < -0.39 is 0 Å². The molecule has 0 aromatic rings. The third-order valence-corrected chi connectivity index (χ3v) is 4.21. The Kier molecular flexibility index (Phi) is 2.87. The average Bonchev–Trinajstić information content (AvgIpc) is 2.15. The SMILES string of the molecule is CC(C)(C)[C@@H]1[C@@H](C(C)(C)C)N2CCN1CC2. The summed E-state index contributed by atoms with van der Waals surface area (Å²) < 4.78 is 0. The van der Waals surface area contributed by atoms with Crippen molar-refractivity contribution in [1.82, 2.24) is 9.80 Å². The van der Waals surface area contributed by atoms with Gasteiger partial charge in [-0.25, -0.2) is 0 Å². The lowest BCUT2D eigenvalue weighted by molar-refractivity contribution is -0.113. The molecule has 94 valence electrons. The van der Waals surface area contributed by atoms with Gasteiger partial charge in [0, 0.05) is 38.3 Å². The van der Waals surface area contributed by atoms with Crippen molar-refractivity contribution in [1.29, 1.82) is 0 Å². The molecule has 0 amide bonds. The predicted octanol–water partition coefficient (Wildman–Crippen LogP) is 2.45. The first-order valence-corrected chi connectivity index (χ1v) is 6.69. The molecule has 3 fully saturated rings. The summed E-state index contributed by atoms with van der Waals surface area (Å²) in [6.07, 6.45) is 0. The zero-order chi connectivity index (χ0) is 12.1. The Morgan fingerprint density at radius 3 is 1.06 bits per heavy atom. The summed E-state index contributed by atoms with van der Waals surface area (Å²) in [5.74, 6) is 0. The fourth-order valence-corrected chi connectivity index (χ4v) is 3.74. The standard InChI is InChI=1S/C14H28N2/c1-13(2,3)11-12(14(4,5)6)16-9-7-15(11)8-10-16/h11-12H,7-10H2,1-6H3/t11-,12-/m0/s1. The van der Waals surface area contributed by atoms with E-state index in [4.69, 9.17) is 0 Å². The summed E-state index contributed by atoms with van der Waals surface area (Å²) in [4.78, 5) is 5.46. The molecule has 3 heterocycles. The third-order valence-electron chi connectivity index (χ3n) is 4.21. The van der Waals surface area contributed by atoms with Gasteiger partial charge in [-0.15, -0.1) is 0 Å². The van der Waals surface area contributed by atoms with Gasteiger partial charge in [0.05, 0.1) is 0 Å². The van der Waals surface area contributed by atoms with Crippen LogP contribution in [-0.2, 0) is 0 Å². The fraction of sp³-hybridized carbons (Fsp3) is 1.00. The van der Waals surface area contributed by atoms with Gasteiger partial charge in [-0.3, -0.25) is 9.80 Å². The van der Waals surface area contributed by atoms with Crippen LogP contribution in [0.15, 0.2) is 0 Å². The van der Waals surface area contributed by atoms with Crippen LogP contribution in [0.1, 0.15) is 41.5 Å². The van der Waals surface area contributed by atoms with E-state index >= 15 is 0 Å². The Morgan fingerprint density at radius 1 is 0.625 bits per heavy atom. The molecule has 16 heavy (non-hydrogen) atoms. The molecule has 0 spiro atoms. The molecular weight excluding hydrogens is 196 g/mol. The highest BCUT2D eigenvalue weighted by atomic mass is 15.4. The van der Waals surface area contributed by atoms with Crippen molar-refractivity contribution in [3.05, 3.63) is 0 Å². The molecule has 0 aliphatic carbocycles. The minimum atomic E-state index is 0.386. The Hall–Kier alpha value is -0.0800. The monoisotopic (exact) mass is 224 g/mol. The second kappa shape index (κ2) is 3.71. The summed E-state index contributed by atoms with van der Waals surface area (Å²) in [7, 11) is 0. The average molecular weight is 224 g/mol. The van der Waals surface area contributed by atoms with Crippen molar-refractivity contribution in [3.63, 3.8) is 0 Å². The largest absolute Gasteiger partial charge is 0.296 e. The summed E-state index contributed by atoms with van der Waals surface area (Å²) in [5.41, 5.74) is 0.772. The molecule has 0 N–H and O–H groups in total. The Morgan fingerprint density at radius 2 is 0.875 bits per heavy atom. The highest BCUT2D eigenvalue weighted by molar-refractivity contribution is 5.05. The lowest BCUT2D eigenvalue weighted by Crippen LogP contribution is -2.72. The zero-order valence-corrected chi connectivity index (χ0v) is 11.9. The first kappa shape index (κ1) is 12.4. The van der Waals surface area contributed by atoms with Crippen molar-refractivity contribution < 1.29 is 0 Å². The maximum Gasteiger partial charge on any atom is 0.0306 e. The van der Waals surface area contributed by atoms with Crippen LogP contribution >= 0.6 is 0 Å². The topological polar surface area (TPSA) is 6.48 Å². The minimum Gasteiger partial charge on any atom is -0.296 e. The number of nitrogens with zero attached hydrogens (tertiary/aromatic N) is 2. The van der Waals surface area contributed by atoms with Crippen molar-refractivity contribution in [2.24, 2.45) is 10.8 Å². The van der Waals surface area contributed by atoms with Crippen LogP contribution in [0.2, 0.25) is 0 Å². The van der Waals surface area contributed by atoms with E-state index in [1.807, 2.05) is 0 Å². The van der Waals surface area contributed by atoms with Crippen LogP contribution < -0.4 is 0 Å². The molecule has 2 heteroatoms. The molecule has 0 aromatic carbocycles. The van der Waals surface area contributed by atoms with Crippen LogP contribution in [0, 0.1) is 10.8 Å². The van der Waals surface area contributed by atoms with Gasteiger partial charge in [0.25, 0.3) is 0 Å². The summed E-state index contributed by atoms with van der Waals surface area (Å²) in [6, 6.07) is 1.44. The number of rotatable bonds is 0. The zero-order valence-electron chi connectivity index (χ0n) is 11.9. The molecule has 3 aliphatic heterocycles. The van der Waals surface area contributed by atoms with Gasteiger partial charge < -0.3 is 0 Å². The highest BCUT2D eigenvalue weighted by Gasteiger charge is 2.50. The van der Waals surface area contributed by atoms with E-state index in [2.05, 4.69) is 51.3 Å². The van der Waals surface area contributed by atoms with Crippen molar-refractivity contribution in [3.8, 4) is 0 Å². The molecular formula is C14H28N2. The molecule has 0 saturated carbocycles. The maximum atomic E-state index is 2.73. The van der Waals surface area contributed by atoms with Gasteiger partial charge in [-0.1, -0.05) is 41.5 Å². The van der Waals surface area contributed by atoms with E-state index in [1.54, 1.807) is 0 Å². The second-order valence-electron chi connectivity index (χ2n) is 7.69. The highest BCUT2D eigenvalue weighted by Crippen LogP contribution is 2.41. The summed E-state index contributed by atoms with van der Waals surface area (Å²) >= 11 is 0. The summed E-state index contributed by atoms with van der Waals surface area (Å²) in [5, 5.41) is 0. The van der Waals surface area contributed by atoms with Gasteiger partial charge in [0.15, 0.2) is 0 Å². The molecule has 3 saturated heterocycles. The number of hydrogen-bond donors (Lipinski definition) is 0. The first-order valence-electron chi connectivity index (χ1n) is 6.69. The normalized spacial score (nSPS) is 40.1. The van der Waals surface area contributed by atoms with Crippen LogP contribution in [-0.4, -0.2) is 48.1 Å². The van der Waals surface area contributed by atoms with Gasteiger partial charge in [0.2, 0.25) is 0 Å². The van der Waals surface area contributed by atoms with Crippen molar-refractivity contribution >= 4 is 0 Å². The molecule has 2 bridgehead atoms. The van der Waals surface area contributed by atoms with Crippen LogP contribution in [0.3, 0.4) is 0 Å². The molecule has 2 atom stereocenters. The molecule has 3 aliphatic rings. The van der Waals surface area contributed by atoms with E-state index in [0.717, 1.165) is 12.1 Å². The fourth-order valence-electron chi connectivity index (χ4n) is 3.74. The van der Waals surface area contributed by atoms with Crippen LogP contribution in [0.4, 0.5) is 0 Å². The number of fused-ring (bicyclic) bond motifs is 3. The van der Waals surface area contributed by atoms with Crippen LogP contribution in [0.25, 0.3) is 0 Å². The van der Waals surface area contributed by atoms with Crippen molar-refractivity contribution in [2.75, 3.05) is 26.2 Å². The molecule has 0 unspecified atom stereocenters. The molecule has 0 aromatic heterocycles. The number of piperazine rings is 3. The Labute approximate surface area is 101 Å². The Balaban J connectivity index is 2.32. The maximum absolute atomic E-state index is 2.73. The Bertz CT molecular complexity index is 223. The van der Waals surface area contributed by atoms with Crippen molar-refractivity contribution in [2.45, 2.75) is 53.6 Å². The summed E-state index contributed by atoms with van der Waals surface area (Å²) in [6.45, 7) is 19.5. The molecule has 3 rings (SSSR count). The quantitative estimate of drug-likeness (QED) is 0.623. The van der Waals surface area contributed by atoms with E-state index in [-0.39, 0.29) is 0 Å². The first-order chi connectivity index (χ1) is 7.21. The number of hydrogen-bond acceptors (Lipinski definition) is 2. The third kappa shape index (κ3) is 2.02. The smallest absolute Gasteiger partial charge is 0.0306 e.